The summed E-state index contributed by atoms with van der Waals surface area (Å²) >= 11 is 0. The number of nitrogens with two attached hydrogens (primary N) is 1. The molecule has 1 amide bonds. The van der Waals surface area contributed by atoms with Gasteiger partial charge in [-0.1, -0.05) is 0 Å². The number of aromatic nitrogens is 1. The minimum absolute atomic E-state index is 0.0644. The van der Waals surface area contributed by atoms with Crippen LogP contribution in [0.2, 0.25) is 0 Å². The molecule has 1 atom stereocenters. The molecular weight excluding hydrogens is 335 g/mol. The van der Waals surface area contributed by atoms with Gasteiger partial charge in [-0.2, -0.15) is 13.2 Å². The number of carbonyl (C=O) groups excluding carboxylic acids is 1. The zero-order valence-electron chi connectivity index (χ0n) is 12.1. The lowest BCUT2D eigenvalue weighted by atomic mass is 9.98. The Labute approximate surface area is 131 Å². The minimum atomic E-state index is -4.69. The first-order chi connectivity index (χ1) is 10.6. The van der Waals surface area contributed by atoms with Gasteiger partial charge in [0, 0.05) is 25.5 Å². The summed E-state index contributed by atoms with van der Waals surface area (Å²) in [6.45, 7) is 0.342. The van der Waals surface area contributed by atoms with Crippen LogP contribution in [0.1, 0.15) is 28.8 Å². The van der Waals surface area contributed by atoms with Gasteiger partial charge < -0.3 is 4.90 Å². The van der Waals surface area contributed by atoms with E-state index in [0.717, 1.165) is 12.3 Å². The van der Waals surface area contributed by atoms with Gasteiger partial charge in [0.25, 0.3) is 5.91 Å². The molecule has 1 aromatic heterocycles. The van der Waals surface area contributed by atoms with Crippen molar-refractivity contribution in [2.75, 3.05) is 18.8 Å². The standard InChI is InChI=1S/C13H16F3N3O3S/c14-13(15,16)11-6-18-4-3-10(11)12(20)19-5-1-2-9(7-19)8-23(17,21)22/h3-4,6,9H,1-2,5,7-8H2,(H2,17,21,22)/t9-/m0/s1. The predicted octanol–water partition coefficient (Wildman–Crippen LogP) is 1.24. The molecule has 23 heavy (non-hydrogen) atoms. The van der Waals surface area contributed by atoms with Crippen LogP contribution in [0.3, 0.4) is 0 Å². The van der Waals surface area contributed by atoms with E-state index in [9.17, 15) is 26.4 Å². The average molecular weight is 351 g/mol. The largest absolute Gasteiger partial charge is 0.418 e. The van der Waals surface area contributed by atoms with E-state index in [4.69, 9.17) is 5.14 Å². The normalized spacial score (nSPS) is 19.7. The highest BCUT2D eigenvalue weighted by Gasteiger charge is 2.37. The predicted molar refractivity (Wildman–Crippen MR) is 75.8 cm³/mol. The fraction of sp³-hybridized carbons (Fsp3) is 0.538. The minimum Gasteiger partial charge on any atom is -0.338 e. The molecule has 2 heterocycles. The molecule has 0 saturated carbocycles. The Balaban J connectivity index is 2.21. The molecule has 1 aliphatic rings. The molecule has 0 unspecified atom stereocenters. The number of carbonyl (C=O) groups is 1. The lowest BCUT2D eigenvalue weighted by Crippen LogP contribution is -2.43. The number of sulfonamides is 1. The van der Waals surface area contributed by atoms with E-state index < -0.39 is 33.2 Å². The fourth-order valence-corrected chi connectivity index (χ4v) is 3.62. The molecule has 2 N–H and O–H groups in total. The van der Waals surface area contributed by atoms with Crippen molar-refractivity contribution >= 4 is 15.9 Å². The molecule has 0 aromatic carbocycles. The van der Waals surface area contributed by atoms with E-state index in [2.05, 4.69) is 4.98 Å². The summed E-state index contributed by atoms with van der Waals surface area (Å²) in [5.41, 5.74) is -1.58. The number of alkyl halides is 3. The molecule has 1 saturated heterocycles. The molecular formula is C13H16F3N3O3S. The molecule has 1 fully saturated rings. The molecule has 0 aliphatic carbocycles. The van der Waals surface area contributed by atoms with E-state index in [1.165, 1.54) is 4.90 Å². The summed E-state index contributed by atoms with van der Waals surface area (Å²) in [4.78, 5) is 17.1. The van der Waals surface area contributed by atoms with Gasteiger partial charge in [-0.15, -0.1) is 0 Å². The molecule has 1 aliphatic heterocycles. The third-order valence-electron chi connectivity index (χ3n) is 3.63. The third kappa shape index (κ3) is 4.64. The first-order valence-electron chi connectivity index (χ1n) is 6.89. The van der Waals surface area contributed by atoms with Gasteiger partial charge in [0.05, 0.1) is 16.9 Å². The van der Waals surface area contributed by atoms with Gasteiger partial charge in [0.1, 0.15) is 0 Å². The van der Waals surface area contributed by atoms with Crippen molar-refractivity contribution < 1.29 is 26.4 Å². The van der Waals surface area contributed by atoms with Crippen molar-refractivity contribution in [2.24, 2.45) is 11.1 Å². The van der Waals surface area contributed by atoms with Crippen LogP contribution in [0.4, 0.5) is 13.2 Å². The highest BCUT2D eigenvalue weighted by atomic mass is 32.2. The van der Waals surface area contributed by atoms with Crippen molar-refractivity contribution in [3.8, 4) is 0 Å². The second-order valence-corrected chi connectivity index (χ2v) is 7.17. The quantitative estimate of drug-likeness (QED) is 0.887. The van der Waals surface area contributed by atoms with Crippen LogP contribution < -0.4 is 5.14 Å². The Bertz CT molecular complexity index is 691. The topological polar surface area (TPSA) is 93.4 Å². The summed E-state index contributed by atoms with van der Waals surface area (Å²) in [5, 5.41) is 4.99. The molecule has 2 rings (SSSR count). The Morgan fingerprint density at radius 1 is 1.43 bits per heavy atom. The van der Waals surface area contributed by atoms with Gasteiger partial charge >= 0.3 is 6.18 Å². The van der Waals surface area contributed by atoms with Crippen molar-refractivity contribution in [3.63, 3.8) is 0 Å². The summed E-state index contributed by atoms with van der Waals surface area (Å²) < 4.78 is 61.2. The van der Waals surface area contributed by atoms with Gasteiger partial charge in [-0.05, 0) is 24.8 Å². The molecule has 128 valence electrons. The Morgan fingerprint density at radius 3 is 2.74 bits per heavy atom. The number of likely N-dealkylation sites (tertiary alicyclic amines) is 1. The van der Waals surface area contributed by atoms with Crippen molar-refractivity contribution in [1.29, 1.82) is 0 Å². The molecule has 10 heteroatoms. The van der Waals surface area contributed by atoms with Crippen LogP contribution in [0.5, 0.6) is 0 Å². The van der Waals surface area contributed by atoms with Crippen LogP contribution in [0.15, 0.2) is 18.5 Å². The van der Waals surface area contributed by atoms with Crippen LogP contribution in [-0.4, -0.2) is 43.1 Å². The van der Waals surface area contributed by atoms with E-state index in [1.54, 1.807) is 0 Å². The van der Waals surface area contributed by atoms with Crippen molar-refractivity contribution in [3.05, 3.63) is 29.6 Å². The highest BCUT2D eigenvalue weighted by Crippen LogP contribution is 2.32. The first kappa shape index (κ1) is 17.7. The van der Waals surface area contributed by atoms with Crippen molar-refractivity contribution in [2.45, 2.75) is 19.0 Å². The van der Waals surface area contributed by atoms with Gasteiger partial charge in [0.15, 0.2) is 0 Å². The number of pyridine rings is 1. The molecule has 6 nitrogen and oxygen atoms in total. The number of halogens is 3. The zero-order valence-corrected chi connectivity index (χ0v) is 12.9. The highest BCUT2D eigenvalue weighted by molar-refractivity contribution is 7.89. The second kappa shape index (κ2) is 6.44. The van der Waals surface area contributed by atoms with E-state index >= 15 is 0 Å². The first-order valence-corrected chi connectivity index (χ1v) is 8.60. The van der Waals surface area contributed by atoms with Crippen LogP contribution in [0.25, 0.3) is 0 Å². The zero-order chi connectivity index (χ0) is 17.3. The van der Waals surface area contributed by atoms with Crippen LogP contribution in [-0.2, 0) is 16.2 Å². The number of primary sulfonamides is 1. The SMILES string of the molecule is NS(=O)(=O)C[C@H]1CCCN(C(=O)c2ccncc2C(F)(F)F)C1. The number of nitrogens with zero attached hydrogens (tertiary/aromatic N) is 2. The van der Waals surface area contributed by atoms with Gasteiger partial charge in [-0.3, -0.25) is 9.78 Å². The molecule has 0 bridgehead atoms. The smallest absolute Gasteiger partial charge is 0.338 e. The van der Waals surface area contributed by atoms with Crippen LogP contribution >= 0.6 is 0 Å². The fourth-order valence-electron chi connectivity index (χ4n) is 2.69. The summed E-state index contributed by atoms with van der Waals surface area (Å²) in [6.07, 6.45) is -1.89. The molecule has 0 spiro atoms. The number of hydrogen-bond donors (Lipinski definition) is 1. The Hall–Kier alpha value is -1.68. The Morgan fingerprint density at radius 2 is 2.13 bits per heavy atom. The van der Waals surface area contributed by atoms with E-state index in [0.29, 0.717) is 19.0 Å². The second-order valence-electron chi connectivity index (χ2n) is 5.51. The third-order valence-corrected chi connectivity index (χ3v) is 4.57. The van der Waals surface area contributed by atoms with E-state index in [1.807, 2.05) is 0 Å². The Kier molecular flexibility index (Phi) is 4.95. The maximum atomic E-state index is 13.0. The maximum absolute atomic E-state index is 13.0. The van der Waals surface area contributed by atoms with E-state index in [-0.39, 0.29) is 24.8 Å². The molecule has 0 radical (unpaired) electrons. The summed E-state index contributed by atoms with van der Waals surface area (Å²) in [7, 11) is -3.70. The van der Waals surface area contributed by atoms with Gasteiger partial charge in [-0.25, -0.2) is 13.6 Å². The summed E-state index contributed by atoms with van der Waals surface area (Å²) in [5.74, 6) is -1.45. The number of hydrogen-bond acceptors (Lipinski definition) is 4. The van der Waals surface area contributed by atoms with Crippen LogP contribution in [0, 0.1) is 5.92 Å². The lowest BCUT2D eigenvalue weighted by Gasteiger charge is -2.32. The van der Waals surface area contributed by atoms with Gasteiger partial charge in [0.2, 0.25) is 10.0 Å². The number of piperidine rings is 1. The monoisotopic (exact) mass is 351 g/mol. The average Bonchev–Trinajstić information content (AvgIpc) is 2.44. The van der Waals surface area contributed by atoms with Crippen molar-refractivity contribution in [1.82, 2.24) is 9.88 Å². The lowest BCUT2D eigenvalue weighted by molar-refractivity contribution is -0.138. The maximum Gasteiger partial charge on any atom is 0.418 e. The number of amides is 1. The summed E-state index contributed by atoms with van der Waals surface area (Å²) in [6, 6.07) is 1.02. The molecule has 1 aromatic rings. The number of rotatable bonds is 3.